The molecule has 0 bridgehead atoms. The normalized spacial score (nSPS) is 10.8. The van der Waals surface area contributed by atoms with Crippen LogP contribution in [-0.4, -0.2) is 15.5 Å². The van der Waals surface area contributed by atoms with Crippen molar-refractivity contribution < 1.29 is 9.21 Å². The highest BCUT2D eigenvalue weighted by Crippen LogP contribution is 2.13. The van der Waals surface area contributed by atoms with E-state index in [1.807, 2.05) is 6.07 Å². The highest BCUT2D eigenvalue weighted by atomic mass is 79.9. The number of fused-ring (bicyclic) bond motifs is 1. The molecule has 7 heteroatoms. The molecule has 0 saturated heterocycles. The van der Waals surface area contributed by atoms with Crippen LogP contribution in [0, 0.1) is 0 Å². The van der Waals surface area contributed by atoms with Gasteiger partial charge in [0.15, 0.2) is 5.58 Å². The third-order valence-corrected chi connectivity index (χ3v) is 3.60. The number of carbonyl (C=O) groups is 1. The molecule has 3 rings (SSSR count). The van der Waals surface area contributed by atoms with Crippen LogP contribution in [0.1, 0.15) is 6.42 Å². The second-order valence-electron chi connectivity index (χ2n) is 4.65. The summed E-state index contributed by atoms with van der Waals surface area (Å²) in [7, 11) is 0. The van der Waals surface area contributed by atoms with Gasteiger partial charge in [-0.3, -0.25) is 9.36 Å². The Kier molecular flexibility index (Phi) is 4.06. The molecule has 0 aliphatic carbocycles. The first-order valence-electron chi connectivity index (χ1n) is 6.63. The number of aromatic nitrogens is 2. The van der Waals surface area contributed by atoms with Gasteiger partial charge in [-0.1, -0.05) is 12.1 Å². The average Bonchev–Trinajstić information content (AvgIpc) is 2.83. The standard InChI is InChI=1S/C15H12BrN3O3/c16-10-5-6-13(17-9-10)18-14(20)7-8-19-11-3-1-2-4-12(11)22-15(19)21/h1-6,9H,7-8H2,(H,17,18,20). The lowest BCUT2D eigenvalue weighted by molar-refractivity contribution is -0.116. The van der Waals surface area contributed by atoms with E-state index in [2.05, 4.69) is 26.2 Å². The van der Waals surface area contributed by atoms with Gasteiger partial charge in [0.05, 0.1) is 5.52 Å². The second kappa shape index (κ2) is 6.15. The highest BCUT2D eigenvalue weighted by molar-refractivity contribution is 9.10. The quantitative estimate of drug-likeness (QED) is 0.774. The second-order valence-corrected chi connectivity index (χ2v) is 5.56. The minimum atomic E-state index is -0.462. The number of pyridine rings is 1. The highest BCUT2D eigenvalue weighted by Gasteiger charge is 2.10. The molecule has 0 aliphatic heterocycles. The van der Waals surface area contributed by atoms with Crippen molar-refractivity contribution in [2.75, 3.05) is 5.32 Å². The molecule has 2 aromatic heterocycles. The van der Waals surface area contributed by atoms with E-state index in [9.17, 15) is 9.59 Å². The zero-order valence-electron chi connectivity index (χ0n) is 11.5. The van der Waals surface area contributed by atoms with Crippen LogP contribution in [0.15, 0.2) is 56.3 Å². The first-order valence-corrected chi connectivity index (χ1v) is 7.42. The fraction of sp³-hybridized carbons (Fsp3) is 0.133. The van der Waals surface area contributed by atoms with E-state index in [1.165, 1.54) is 4.57 Å². The van der Waals surface area contributed by atoms with Gasteiger partial charge in [0.2, 0.25) is 5.91 Å². The largest absolute Gasteiger partial charge is 0.419 e. The van der Waals surface area contributed by atoms with Crippen molar-refractivity contribution in [2.45, 2.75) is 13.0 Å². The first kappa shape index (κ1) is 14.5. The van der Waals surface area contributed by atoms with Crippen molar-refractivity contribution in [3.8, 4) is 0 Å². The van der Waals surface area contributed by atoms with E-state index in [4.69, 9.17) is 4.42 Å². The van der Waals surface area contributed by atoms with Gasteiger partial charge in [-0.25, -0.2) is 9.78 Å². The van der Waals surface area contributed by atoms with Gasteiger partial charge in [0, 0.05) is 23.6 Å². The van der Waals surface area contributed by atoms with Crippen molar-refractivity contribution >= 4 is 38.8 Å². The number of hydrogen-bond donors (Lipinski definition) is 1. The number of oxazole rings is 1. The number of benzene rings is 1. The van der Waals surface area contributed by atoms with Crippen LogP contribution >= 0.6 is 15.9 Å². The molecule has 1 N–H and O–H groups in total. The lowest BCUT2D eigenvalue weighted by Gasteiger charge is -2.05. The molecule has 0 aliphatic rings. The predicted octanol–water partition coefficient (Wildman–Crippen LogP) is 2.78. The Morgan fingerprint density at radius 2 is 2.09 bits per heavy atom. The summed E-state index contributed by atoms with van der Waals surface area (Å²) in [5.41, 5.74) is 1.20. The lowest BCUT2D eigenvalue weighted by atomic mass is 10.3. The number of nitrogens with zero attached hydrogens (tertiary/aromatic N) is 2. The zero-order chi connectivity index (χ0) is 15.5. The van der Waals surface area contributed by atoms with E-state index >= 15 is 0 Å². The molecule has 0 fully saturated rings. The fourth-order valence-electron chi connectivity index (χ4n) is 2.09. The van der Waals surface area contributed by atoms with Crippen molar-refractivity contribution in [1.82, 2.24) is 9.55 Å². The van der Waals surface area contributed by atoms with Crippen molar-refractivity contribution in [3.63, 3.8) is 0 Å². The third kappa shape index (κ3) is 3.09. The van der Waals surface area contributed by atoms with Gasteiger partial charge in [-0.05, 0) is 40.2 Å². The molecule has 22 heavy (non-hydrogen) atoms. The molecule has 0 saturated carbocycles. The number of halogens is 1. The van der Waals surface area contributed by atoms with Crippen LogP contribution in [-0.2, 0) is 11.3 Å². The van der Waals surface area contributed by atoms with Gasteiger partial charge in [0.1, 0.15) is 5.82 Å². The van der Waals surface area contributed by atoms with E-state index in [1.54, 1.807) is 36.5 Å². The topological polar surface area (TPSA) is 77.1 Å². The Morgan fingerprint density at radius 1 is 1.27 bits per heavy atom. The first-order chi connectivity index (χ1) is 10.6. The molecule has 1 amide bonds. The van der Waals surface area contributed by atoms with Gasteiger partial charge >= 0.3 is 5.76 Å². The summed E-state index contributed by atoms with van der Waals surface area (Å²) < 4.78 is 7.40. The molecule has 3 aromatic rings. The molecule has 112 valence electrons. The van der Waals surface area contributed by atoms with Gasteiger partial charge < -0.3 is 9.73 Å². The summed E-state index contributed by atoms with van der Waals surface area (Å²) in [6, 6.07) is 10.6. The van der Waals surface area contributed by atoms with Crippen LogP contribution in [0.5, 0.6) is 0 Å². The van der Waals surface area contributed by atoms with Gasteiger partial charge in [-0.2, -0.15) is 0 Å². The lowest BCUT2D eigenvalue weighted by Crippen LogP contribution is -2.20. The Hall–Kier alpha value is -2.41. The van der Waals surface area contributed by atoms with Crippen LogP contribution in [0.25, 0.3) is 11.1 Å². The number of hydrogen-bond acceptors (Lipinski definition) is 4. The van der Waals surface area contributed by atoms with Crippen molar-refractivity contribution in [3.05, 3.63) is 57.6 Å². The van der Waals surface area contributed by atoms with Gasteiger partial charge in [0.25, 0.3) is 0 Å². The number of amides is 1. The van der Waals surface area contributed by atoms with Crippen molar-refractivity contribution in [1.29, 1.82) is 0 Å². The maximum absolute atomic E-state index is 11.9. The molecule has 0 unspecified atom stereocenters. The number of rotatable bonds is 4. The summed E-state index contributed by atoms with van der Waals surface area (Å²) in [4.78, 5) is 27.8. The Bertz CT molecular complexity index is 868. The SMILES string of the molecule is O=C(CCn1c(=O)oc2ccccc21)Nc1ccc(Br)cn1. The Labute approximate surface area is 133 Å². The molecule has 0 atom stereocenters. The number of nitrogens with one attached hydrogen (secondary N) is 1. The van der Waals surface area contributed by atoms with E-state index < -0.39 is 5.76 Å². The van der Waals surface area contributed by atoms with Crippen LogP contribution in [0.4, 0.5) is 5.82 Å². The molecule has 2 heterocycles. The molecule has 0 spiro atoms. The van der Waals surface area contributed by atoms with E-state index in [0.29, 0.717) is 16.9 Å². The Morgan fingerprint density at radius 3 is 2.86 bits per heavy atom. The summed E-state index contributed by atoms with van der Waals surface area (Å²) in [6.45, 7) is 0.248. The monoisotopic (exact) mass is 361 g/mol. The van der Waals surface area contributed by atoms with E-state index in [-0.39, 0.29) is 18.9 Å². The summed E-state index contributed by atoms with van der Waals surface area (Å²) >= 11 is 3.28. The Balaban J connectivity index is 1.68. The minimum Gasteiger partial charge on any atom is -0.408 e. The summed E-state index contributed by atoms with van der Waals surface area (Å²) in [5.74, 6) is -0.208. The minimum absolute atomic E-state index is 0.154. The summed E-state index contributed by atoms with van der Waals surface area (Å²) in [6.07, 6.45) is 1.75. The summed E-state index contributed by atoms with van der Waals surface area (Å²) in [5, 5.41) is 2.68. The molecule has 1 aromatic carbocycles. The maximum Gasteiger partial charge on any atom is 0.419 e. The molecule has 0 radical (unpaired) electrons. The van der Waals surface area contributed by atoms with Gasteiger partial charge in [-0.15, -0.1) is 0 Å². The molecular weight excluding hydrogens is 350 g/mol. The smallest absolute Gasteiger partial charge is 0.408 e. The molecule has 6 nitrogen and oxygen atoms in total. The van der Waals surface area contributed by atoms with Crippen LogP contribution in [0.2, 0.25) is 0 Å². The van der Waals surface area contributed by atoms with Crippen LogP contribution in [0.3, 0.4) is 0 Å². The third-order valence-electron chi connectivity index (χ3n) is 3.13. The molecular formula is C15H12BrN3O3. The van der Waals surface area contributed by atoms with Crippen molar-refractivity contribution in [2.24, 2.45) is 0 Å². The number of carbonyl (C=O) groups excluding carboxylic acids is 1. The zero-order valence-corrected chi connectivity index (χ0v) is 13.0. The number of aryl methyl sites for hydroxylation is 1. The number of anilines is 1. The average molecular weight is 362 g/mol. The van der Waals surface area contributed by atoms with Crippen LogP contribution < -0.4 is 11.1 Å². The predicted molar refractivity (Wildman–Crippen MR) is 85.7 cm³/mol. The number of para-hydroxylation sites is 2. The fourth-order valence-corrected chi connectivity index (χ4v) is 2.33. The van der Waals surface area contributed by atoms with E-state index in [0.717, 1.165) is 4.47 Å². The maximum atomic E-state index is 11.9.